The fourth-order valence-electron chi connectivity index (χ4n) is 3.21. The van der Waals surface area contributed by atoms with Crippen molar-refractivity contribution in [1.82, 2.24) is 14.5 Å². The molecule has 10 heteroatoms. The summed E-state index contributed by atoms with van der Waals surface area (Å²) in [5.74, 6) is 0.524. The average Bonchev–Trinajstić information content (AvgIpc) is 3.20. The quantitative estimate of drug-likeness (QED) is 0.446. The number of hydrogen-bond donors (Lipinski definition) is 1. The average molecular weight is 461 g/mol. The number of benzene rings is 2. The largest absolute Gasteiger partial charge is 0.296 e. The highest BCUT2D eigenvalue weighted by atomic mass is 32.2. The van der Waals surface area contributed by atoms with E-state index < -0.39 is 10.0 Å². The summed E-state index contributed by atoms with van der Waals surface area (Å²) in [5.41, 5.74) is 2.58. The molecular formula is C20H20N4O3S3. The summed E-state index contributed by atoms with van der Waals surface area (Å²) in [5, 5.41) is 11.1. The Hall–Kier alpha value is -2.27. The number of hydrogen-bond acceptors (Lipinski definition) is 7. The van der Waals surface area contributed by atoms with Crippen molar-refractivity contribution in [2.24, 2.45) is 0 Å². The zero-order valence-corrected chi connectivity index (χ0v) is 18.7. The van der Waals surface area contributed by atoms with Crippen molar-refractivity contribution < 1.29 is 13.2 Å². The molecule has 0 fully saturated rings. The van der Waals surface area contributed by atoms with Gasteiger partial charge in [-0.25, -0.2) is 8.42 Å². The minimum absolute atomic E-state index is 0.177. The molecule has 0 bridgehead atoms. The van der Waals surface area contributed by atoms with Crippen molar-refractivity contribution in [3.05, 3.63) is 65.2 Å². The Labute approximate surface area is 183 Å². The van der Waals surface area contributed by atoms with E-state index in [0.29, 0.717) is 30.2 Å². The predicted molar refractivity (Wildman–Crippen MR) is 118 cm³/mol. The van der Waals surface area contributed by atoms with Gasteiger partial charge in [0.25, 0.3) is 5.91 Å². The van der Waals surface area contributed by atoms with Crippen LogP contribution < -0.4 is 5.32 Å². The molecule has 1 aromatic heterocycles. The van der Waals surface area contributed by atoms with Crippen LogP contribution in [0.2, 0.25) is 0 Å². The number of sulfonamides is 1. The fraction of sp³-hybridized carbons (Fsp3) is 0.250. The molecule has 3 aromatic rings. The molecule has 7 nitrogen and oxygen atoms in total. The van der Waals surface area contributed by atoms with Gasteiger partial charge in [-0.1, -0.05) is 54.3 Å². The second kappa shape index (κ2) is 8.84. The SMILES string of the molecule is CCSc1nnc(NC(=O)c2ccc(S(=O)(=O)N3CCc4ccccc4C3)cc2)s1. The van der Waals surface area contributed by atoms with Crippen LogP contribution in [-0.2, 0) is 23.0 Å². The number of fused-ring (bicyclic) bond motifs is 1. The number of thioether (sulfide) groups is 1. The molecule has 1 aliphatic rings. The molecular weight excluding hydrogens is 440 g/mol. The lowest BCUT2D eigenvalue weighted by Gasteiger charge is -2.28. The van der Waals surface area contributed by atoms with E-state index >= 15 is 0 Å². The van der Waals surface area contributed by atoms with E-state index in [1.54, 1.807) is 11.8 Å². The van der Waals surface area contributed by atoms with Crippen molar-refractivity contribution in [2.75, 3.05) is 17.6 Å². The minimum atomic E-state index is -3.63. The van der Waals surface area contributed by atoms with E-state index in [1.165, 1.54) is 45.5 Å². The summed E-state index contributed by atoms with van der Waals surface area (Å²) in [4.78, 5) is 12.6. The van der Waals surface area contributed by atoms with E-state index in [9.17, 15) is 13.2 Å². The highest BCUT2D eigenvalue weighted by Gasteiger charge is 2.28. The molecule has 1 amide bonds. The van der Waals surface area contributed by atoms with Crippen LogP contribution in [0, 0.1) is 0 Å². The standard InChI is InChI=1S/C20H20N4O3S3/c1-2-28-20-23-22-19(29-20)21-18(25)15-7-9-17(10-8-15)30(26,27)24-12-11-14-5-3-4-6-16(14)13-24/h3-10H,2,11-13H2,1H3,(H,21,22,25). The van der Waals surface area contributed by atoms with Gasteiger partial charge in [0.15, 0.2) is 4.34 Å². The molecule has 4 rings (SSSR count). The summed E-state index contributed by atoms with van der Waals surface area (Å²) in [6, 6.07) is 13.9. The summed E-state index contributed by atoms with van der Waals surface area (Å²) >= 11 is 2.86. The van der Waals surface area contributed by atoms with Gasteiger partial charge in [0.1, 0.15) is 0 Å². The fourth-order valence-corrected chi connectivity index (χ4v) is 6.28. The third kappa shape index (κ3) is 4.41. The maximum absolute atomic E-state index is 13.0. The van der Waals surface area contributed by atoms with Gasteiger partial charge in [0.2, 0.25) is 15.2 Å². The molecule has 0 saturated heterocycles. The first-order chi connectivity index (χ1) is 14.5. The van der Waals surface area contributed by atoms with Crippen LogP contribution in [0.25, 0.3) is 0 Å². The zero-order valence-electron chi connectivity index (χ0n) is 16.2. The molecule has 1 N–H and O–H groups in total. The third-order valence-corrected chi connectivity index (χ3v) is 8.46. The van der Waals surface area contributed by atoms with Gasteiger partial charge in [-0.3, -0.25) is 10.1 Å². The lowest BCUT2D eigenvalue weighted by molar-refractivity contribution is 0.102. The number of nitrogens with zero attached hydrogens (tertiary/aromatic N) is 3. The van der Waals surface area contributed by atoms with Crippen molar-refractivity contribution in [3.8, 4) is 0 Å². The molecule has 0 atom stereocenters. The van der Waals surface area contributed by atoms with E-state index in [0.717, 1.165) is 15.7 Å². The summed E-state index contributed by atoms with van der Waals surface area (Å²) in [6.07, 6.45) is 0.691. The Kier molecular flexibility index (Phi) is 6.19. The second-order valence-corrected chi connectivity index (χ2v) is 11.1. The Morgan fingerprint density at radius 2 is 1.87 bits per heavy atom. The van der Waals surface area contributed by atoms with Crippen LogP contribution in [0.4, 0.5) is 5.13 Å². The maximum Gasteiger partial charge on any atom is 0.257 e. The monoisotopic (exact) mass is 460 g/mol. The molecule has 1 aliphatic heterocycles. The Morgan fingerprint density at radius 3 is 2.60 bits per heavy atom. The zero-order chi connectivity index (χ0) is 21.1. The van der Waals surface area contributed by atoms with Gasteiger partial charge in [0, 0.05) is 18.7 Å². The first kappa shape index (κ1) is 21.0. The number of rotatable bonds is 6. The van der Waals surface area contributed by atoms with Crippen LogP contribution in [-0.4, -0.2) is 41.1 Å². The number of carbonyl (C=O) groups is 1. The van der Waals surface area contributed by atoms with E-state index in [1.807, 2.05) is 31.2 Å². The summed E-state index contributed by atoms with van der Waals surface area (Å²) < 4.78 is 28.4. The summed E-state index contributed by atoms with van der Waals surface area (Å²) in [6.45, 7) is 2.81. The Morgan fingerprint density at radius 1 is 1.13 bits per heavy atom. The normalized spacial score (nSPS) is 14.3. The van der Waals surface area contributed by atoms with E-state index in [-0.39, 0.29) is 10.8 Å². The van der Waals surface area contributed by atoms with Crippen LogP contribution in [0.1, 0.15) is 28.4 Å². The lowest BCUT2D eigenvalue weighted by atomic mass is 10.0. The molecule has 0 radical (unpaired) electrons. The molecule has 0 unspecified atom stereocenters. The molecule has 2 heterocycles. The third-order valence-electron chi connectivity index (χ3n) is 4.74. The topological polar surface area (TPSA) is 92.3 Å². The van der Waals surface area contributed by atoms with Crippen molar-refractivity contribution in [2.45, 2.75) is 29.1 Å². The molecule has 0 saturated carbocycles. The van der Waals surface area contributed by atoms with Gasteiger partial charge in [-0.15, -0.1) is 10.2 Å². The number of amides is 1. The van der Waals surface area contributed by atoms with Gasteiger partial charge >= 0.3 is 0 Å². The van der Waals surface area contributed by atoms with Crippen molar-refractivity contribution in [3.63, 3.8) is 0 Å². The first-order valence-electron chi connectivity index (χ1n) is 9.42. The smallest absolute Gasteiger partial charge is 0.257 e. The molecule has 2 aromatic carbocycles. The number of carbonyl (C=O) groups excluding carboxylic acids is 1. The van der Waals surface area contributed by atoms with Gasteiger partial charge in [-0.05, 0) is 47.6 Å². The van der Waals surface area contributed by atoms with Crippen LogP contribution in [0.15, 0.2) is 57.8 Å². The molecule has 0 aliphatic carbocycles. The van der Waals surface area contributed by atoms with Gasteiger partial charge in [-0.2, -0.15) is 4.31 Å². The van der Waals surface area contributed by atoms with Crippen LogP contribution >= 0.6 is 23.1 Å². The highest BCUT2D eigenvalue weighted by molar-refractivity contribution is 8.01. The van der Waals surface area contributed by atoms with Crippen molar-refractivity contribution >= 4 is 44.2 Å². The predicted octanol–water partition coefficient (Wildman–Crippen LogP) is 3.65. The molecule has 156 valence electrons. The van der Waals surface area contributed by atoms with Gasteiger partial charge < -0.3 is 0 Å². The highest BCUT2D eigenvalue weighted by Crippen LogP contribution is 2.27. The first-order valence-corrected chi connectivity index (χ1v) is 12.7. The minimum Gasteiger partial charge on any atom is -0.296 e. The lowest BCUT2D eigenvalue weighted by Crippen LogP contribution is -2.35. The van der Waals surface area contributed by atoms with Crippen LogP contribution in [0.3, 0.4) is 0 Å². The second-order valence-electron chi connectivity index (χ2n) is 6.64. The molecule has 0 spiro atoms. The van der Waals surface area contributed by atoms with E-state index in [4.69, 9.17) is 0 Å². The number of nitrogens with one attached hydrogen (secondary N) is 1. The van der Waals surface area contributed by atoms with Crippen LogP contribution in [0.5, 0.6) is 0 Å². The number of aromatic nitrogens is 2. The van der Waals surface area contributed by atoms with Crippen molar-refractivity contribution in [1.29, 1.82) is 0 Å². The van der Waals surface area contributed by atoms with Gasteiger partial charge in [0.05, 0.1) is 4.90 Å². The maximum atomic E-state index is 13.0. The number of anilines is 1. The Balaban J connectivity index is 1.46. The Bertz CT molecular complexity index is 1160. The summed E-state index contributed by atoms with van der Waals surface area (Å²) in [7, 11) is -3.63. The van der Waals surface area contributed by atoms with E-state index in [2.05, 4.69) is 15.5 Å². The molecule has 30 heavy (non-hydrogen) atoms.